The van der Waals surface area contributed by atoms with Crippen LogP contribution in [0.3, 0.4) is 0 Å². The van der Waals surface area contributed by atoms with E-state index in [1.54, 1.807) is 14.2 Å². The molecule has 1 aromatic heterocycles. The van der Waals surface area contributed by atoms with Crippen LogP contribution >= 0.6 is 0 Å². The lowest BCUT2D eigenvalue weighted by molar-refractivity contribution is 0.174. The highest BCUT2D eigenvalue weighted by Gasteiger charge is 2.11. The molecule has 0 aliphatic heterocycles. The maximum absolute atomic E-state index is 5.30. The maximum Gasteiger partial charge on any atom is 0.135 e. The van der Waals surface area contributed by atoms with E-state index in [0.717, 1.165) is 42.0 Å². The summed E-state index contributed by atoms with van der Waals surface area (Å²) in [5.41, 5.74) is 3.45. The highest BCUT2D eigenvalue weighted by molar-refractivity contribution is 5.77. The van der Waals surface area contributed by atoms with E-state index < -0.39 is 0 Å². The van der Waals surface area contributed by atoms with Crippen molar-refractivity contribution in [2.24, 2.45) is 0 Å². The van der Waals surface area contributed by atoms with Gasteiger partial charge in [0.15, 0.2) is 0 Å². The number of aromatic nitrogens is 2. The molecule has 0 aliphatic rings. The monoisotopic (exact) mass is 310 g/mol. The molecule has 0 spiro atoms. The lowest BCUT2D eigenvalue weighted by Crippen LogP contribution is -2.06. The molecule has 0 saturated heterocycles. The average Bonchev–Trinajstić information content (AvgIpc) is 2.93. The number of ether oxygens (including phenoxy) is 2. The number of nitrogens with zero attached hydrogens (tertiary/aromatic N) is 2. The van der Waals surface area contributed by atoms with Gasteiger partial charge in [-0.2, -0.15) is 0 Å². The van der Waals surface area contributed by atoms with E-state index in [-0.39, 0.29) is 0 Å². The number of hydrogen-bond acceptors (Lipinski definition) is 3. The van der Waals surface area contributed by atoms with Crippen LogP contribution in [0.15, 0.2) is 48.5 Å². The minimum absolute atomic E-state index is 0.516. The van der Waals surface area contributed by atoms with E-state index in [4.69, 9.17) is 14.5 Å². The smallest absolute Gasteiger partial charge is 0.135 e. The highest BCUT2D eigenvalue weighted by atomic mass is 16.5. The Labute approximate surface area is 136 Å². The number of methoxy groups -OCH3 is 2. The molecule has 0 N–H and O–H groups in total. The van der Waals surface area contributed by atoms with Crippen molar-refractivity contribution in [3.8, 4) is 5.75 Å². The molecule has 3 rings (SSSR count). The number of rotatable bonds is 7. The Morgan fingerprint density at radius 3 is 2.61 bits per heavy atom. The van der Waals surface area contributed by atoms with E-state index in [0.29, 0.717) is 6.61 Å². The second-order valence-electron chi connectivity index (χ2n) is 5.56. The number of fused-ring (bicyclic) bond motifs is 1. The van der Waals surface area contributed by atoms with Crippen LogP contribution in [0.5, 0.6) is 5.75 Å². The molecule has 120 valence electrons. The normalized spacial score (nSPS) is 11.0. The molecule has 0 unspecified atom stereocenters. The van der Waals surface area contributed by atoms with E-state index >= 15 is 0 Å². The minimum Gasteiger partial charge on any atom is -0.497 e. The molecule has 1 heterocycles. The Morgan fingerprint density at radius 2 is 1.87 bits per heavy atom. The first-order chi connectivity index (χ1) is 11.3. The zero-order chi connectivity index (χ0) is 16.1. The molecule has 2 aromatic carbocycles. The van der Waals surface area contributed by atoms with Crippen molar-refractivity contribution in [1.29, 1.82) is 0 Å². The Hall–Kier alpha value is -2.33. The molecular weight excluding hydrogens is 288 g/mol. The van der Waals surface area contributed by atoms with Gasteiger partial charge in [-0.3, -0.25) is 0 Å². The molecule has 0 saturated carbocycles. The third kappa shape index (κ3) is 3.54. The summed E-state index contributed by atoms with van der Waals surface area (Å²) >= 11 is 0. The van der Waals surface area contributed by atoms with E-state index in [2.05, 4.69) is 41.0 Å². The molecule has 4 nitrogen and oxygen atoms in total. The van der Waals surface area contributed by atoms with Gasteiger partial charge in [0.1, 0.15) is 18.2 Å². The molecule has 4 heteroatoms. The molecule has 23 heavy (non-hydrogen) atoms. The quantitative estimate of drug-likeness (QED) is 0.665. The van der Waals surface area contributed by atoms with Crippen LogP contribution in [0, 0.1) is 0 Å². The van der Waals surface area contributed by atoms with Crippen LogP contribution in [0.25, 0.3) is 11.0 Å². The third-order valence-corrected chi connectivity index (χ3v) is 4.00. The molecule has 0 amide bonds. The molecule has 0 aliphatic carbocycles. The summed E-state index contributed by atoms with van der Waals surface area (Å²) in [5.74, 6) is 1.79. The highest BCUT2D eigenvalue weighted by Crippen LogP contribution is 2.23. The van der Waals surface area contributed by atoms with Crippen molar-refractivity contribution in [3.63, 3.8) is 0 Å². The molecular formula is C19H22N2O2. The van der Waals surface area contributed by atoms with Gasteiger partial charge in [0.2, 0.25) is 0 Å². The first-order valence-electron chi connectivity index (χ1n) is 7.88. The molecule has 0 fully saturated rings. The fourth-order valence-electron chi connectivity index (χ4n) is 2.86. The molecule has 0 bridgehead atoms. The summed E-state index contributed by atoms with van der Waals surface area (Å²) < 4.78 is 12.8. The predicted molar refractivity (Wildman–Crippen MR) is 91.8 cm³/mol. The molecule has 0 atom stereocenters. The summed E-state index contributed by atoms with van der Waals surface area (Å²) in [5, 5.41) is 0. The van der Waals surface area contributed by atoms with Crippen molar-refractivity contribution >= 4 is 11.0 Å². The molecule has 3 aromatic rings. The van der Waals surface area contributed by atoms with Crippen LogP contribution in [0.2, 0.25) is 0 Å². The Morgan fingerprint density at radius 1 is 1.04 bits per heavy atom. The summed E-state index contributed by atoms with van der Waals surface area (Å²) in [6.45, 7) is 1.44. The predicted octanol–water partition coefficient (Wildman–Crippen LogP) is 3.82. The minimum atomic E-state index is 0.516. The van der Waals surface area contributed by atoms with Crippen LogP contribution < -0.4 is 4.74 Å². The lowest BCUT2D eigenvalue weighted by atomic mass is 10.1. The van der Waals surface area contributed by atoms with Gasteiger partial charge in [-0.1, -0.05) is 30.3 Å². The van der Waals surface area contributed by atoms with Crippen LogP contribution in [0.4, 0.5) is 0 Å². The first kappa shape index (κ1) is 15.6. The fourth-order valence-corrected chi connectivity index (χ4v) is 2.86. The maximum atomic E-state index is 5.30. The Bertz CT molecular complexity index is 766. The van der Waals surface area contributed by atoms with Crippen molar-refractivity contribution in [2.45, 2.75) is 26.0 Å². The summed E-state index contributed by atoms with van der Waals surface area (Å²) in [4.78, 5) is 4.69. The van der Waals surface area contributed by atoms with Crippen molar-refractivity contribution in [1.82, 2.24) is 9.55 Å². The van der Waals surface area contributed by atoms with E-state index in [9.17, 15) is 0 Å². The summed E-state index contributed by atoms with van der Waals surface area (Å²) in [7, 11) is 3.38. The van der Waals surface area contributed by atoms with Gasteiger partial charge < -0.3 is 14.0 Å². The number of aryl methyl sites for hydroxylation is 2. The first-order valence-corrected chi connectivity index (χ1v) is 7.88. The summed E-state index contributed by atoms with van der Waals surface area (Å²) in [6.07, 6.45) is 2.13. The van der Waals surface area contributed by atoms with Gasteiger partial charge in [-0.15, -0.1) is 0 Å². The van der Waals surface area contributed by atoms with E-state index in [1.165, 1.54) is 5.56 Å². The van der Waals surface area contributed by atoms with Gasteiger partial charge in [-0.05, 0) is 30.5 Å². The van der Waals surface area contributed by atoms with Gasteiger partial charge >= 0.3 is 0 Å². The zero-order valence-corrected chi connectivity index (χ0v) is 13.7. The van der Waals surface area contributed by atoms with Gasteiger partial charge in [0, 0.05) is 19.7 Å². The van der Waals surface area contributed by atoms with Gasteiger partial charge in [0.05, 0.1) is 18.1 Å². The fraction of sp³-hybridized carbons (Fsp3) is 0.316. The van der Waals surface area contributed by atoms with Crippen LogP contribution in [-0.4, -0.2) is 23.8 Å². The second-order valence-corrected chi connectivity index (χ2v) is 5.56. The number of imidazole rings is 1. The van der Waals surface area contributed by atoms with Crippen LogP contribution in [-0.2, 0) is 24.3 Å². The SMILES string of the molecule is COCc1nc2cc(OC)ccc2n1CCCc1ccccc1. The van der Waals surface area contributed by atoms with Crippen molar-refractivity contribution < 1.29 is 9.47 Å². The largest absolute Gasteiger partial charge is 0.497 e. The Kier molecular flexibility index (Phi) is 4.93. The number of hydrogen-bond donors (Lipinski definition) is 0. The summed E-state index contributed by atoms with van der Waals surface area (Å²) in [6, 6.07) is 16.6. The zero-order valence-electron chi connectivity index (χ0n) is 13.7. The third-order valence-electron chi connectivity index (χ3n) is 4.00. The van der Waals surface area contributed by atoms with Crippen LogP contribution in [0.1, 0.15) is 17.8 Å². The van der Waals surface area contributed by atoms with Crippen molar-refractivity contribution in [2.75, 3.05) is 14.2 Å². The van der Waals surface area contributed by atoms with Gasteiger partial charge in [-0.25, -0.2) is 4.98 Å². The standard InChI is InChI=1S/C19H22N2O2/c1-22-14-19-20-17-13-16(23-2)10-11-18(17)21(19)12-6-9-15-7-4-3-5-8-15/h3-5,7-8,10-11,13H,6,9,12,14H2,1-2H3. The average molecular weight is 310 g/mol. The Balaban J connectivity index is 1.81. The van der Waals surface area contributed by atoms with E-state index in [1.807, 2.05) is 12.1 Å². The van der Waals surface area contributed by atoms with Crippen molar-refractivity contribution in [3.05, 3.63) is 59.9 Å². The number of benzene rings is 2. The second kappa shape index (κ2) is 7.29. The van der Waals surface area contributed by atoms with Gasteiger partial charge in [0.25, 0.3) is 0 Å². The topological polar surface area (TPSA) is 36.3 Å². The lowest BCUT2D eigenvalue weighted by Gasteiger charge is -2.09. The molecule has 0 radical (unpaired) electrons.